The number of aliphatic carboxylic acids is 1. The monoisotopic (exact) mass is 339 g/mol. The smallest absolute Gasteiger partial charge is 0.308 e. The van der Waals surface area contributed by atoms with Gasteiger partial charge in [-0.05, 0) is 55.3 Å². The fraction of sp³-hybridized carbons (Fsp3) is 0.895. The Kier molecular flexibility index (Phi) is 6.67. The standard InChI is InChI=1S/C19H33NO4/c1-13-8-14(11-19(2,3)10-13)9-17(21)20-12-16(18(22)23)15-4-6-24-7-5-15/h13-16H,4-12H2,1-3H3,(H,20,21)(H,22,23). The van der Waals surface area contributed by atoms with Crippen molar-refractivity contribution in [2.75, 3.05) is 19.8 Å². The van der Waals surface area contributed by atoms with E-state index in [-0.39, 0.29) is 18.4 Å². The predicted octanol–water partition coefficient (Wildman–Crippen LogP) is 3.08. The molecule has 5 heteroatoms. The van der Waals surface area contributed by atoms with Gasteiger partial charge in [0.2, 0.25) is 5.91 Å². The number of carboxylic acid groups (broad SMARTS) is 1. The zero-order valence-electron chi connectivity index (χ0n) is 15.3. The minimum absolute atomic E-state index is 0.00297. The van der Waals surface area contributed by atoms with E-state index >= 15 is 0 Å². The molecule has 0 radical (unpaired) electrons. The Labute approximate surface area is 145 Å². The average molecular weight is 339 g/mol. The second-order valence-corrected chi connectivity index (χ2v) is 8.68. The third kappa shape index (κ3) is 5.76. The molecule has 5 nitrogen and oxygen atoms in total. The van der Waals surface area contributed by atoms with Crippen molar-refractivity contribution in [1.82, 2.24) is 5.32 Å². The summed E-state index contributed by atoms with van der Waals surface area (Å²) in [4.78, 5) is 23.8. The first-order valence-corrected chi connectivity index (χ1v) is 9.34. The minimum Gasteiger partial charge on any atom is -0.481 e. The lowest BCUT2D eigenvalue weighted by Crippen LogP contribution is -2.40. The summed E-state index contributed by atoms with van der Waals surface area (Å²) >= 11 is 0. The van der Waals surface area contributed by atoms with E-state index in [4.69, 9.17) is 4.74 Å². The van der Waals surface area contributed by atoms with Gasteiger partial charge in [0.1, 0.15) is 0 Å². The van der Waals surface area contributed by atoms with Gasteiger partial charge in [-0.15, -0.1) is 0 Å². The number of carboxylic acids is 1. The zero-order valence-corrected chi connectivity index (χ0v) is 15.3. The summed E-state index contributed by atoms with van der Waals surface area (Å²) in [6.45, 7) is 8.30. The van der Waals surface area contributed by atoms with Gasteiger partial charge in [-0.25, -0.2) is 0 Å². The Hall–Kier alpha value is -1.10. The van der Waals surface area contributed by atoms with Crippen LogP contribution in [0.25, 0.3) is 0 Å². The van der Waals surface area contributed by atoms with Crippen molar-refractivity contribution in [2.24, 2.45) is 29.1 Å². The number of hydrogen-bond acceptors (Lipinski definition) is 3. The molecule has 0 aromatic carbocycles. The summed E-state index contributed by atoms with van der Waals surface area (Å²) in [5.74, 6) is -0.141. The van der Waals surface area contributed by atoms with Crippen LogP contribution < -0.4 is 5.32 Å². The van der Waals surface area contributed by atoms with Crippen molar-refractivity contribution in [3.8, 4) is 0 Å². The average Bonchev–Trinajstić information content (AvgIpc) is 2.45. The second kappa shape index (κ2) is 8.32. The molecule has 2 N–H and O–H groups in total. The Bertz CT molecular complexity index is 443. The molecule has 0 aromatic rings. The first-order valence-electron chi connectivity index (χ1n) is 9.34. The molecule has 24 heavy (non-hydrogen) atoms. The molecule has 0 aromatic heterocycles. The Morgan fingerprint density at radius 2 is 1.92 bits per heavy atom. The highest BCUT2D eigenvalue weighted by atomic mass is 16.5. The normalized spacial score (nSPS) is 29.0. The van der Waals surface area contributed by atoms with Crippen LogP contribution in [0.1, 0.15) is 59.3 Å². The number of carbonyl (C=O) groups excluding carboxylic acids is 1. The van der Waals surface area contributed by atoms with Gasteiger partial charge in [-0.3, -0.25) is 9.59 Å². The number of rotatable bonds is 6. The molecule has 1 saturated heterocycles. The van der Waals surface area contributed by atoms with Crippen molar-refractivity contribution < 1.29 is 19.4 Å². The summed E-state index contributed by atoms with van der Waals surface area (Å²) in [6.07, 6.45) is 5.44. The molecule has 0 spiro atoms. The molecule has 138 valence electrons. The fourth-order valence-electron chi connectivity index (χ4n) is 4.83. The molecule has 1 heterocycles. The SMILES string of the molecule is CC1CC(CC(=O)NCC(C(=O)O)C2CCOCC2)CC(C)(C)C1. The molecule has 1 aliphatic heterocycles. The lowest BCUT2D eigenvalue weighted by molar-refractivity contribution is -0.145. The highest BCUT2D eigenvalue weighted by Gasteiger charge is 2.34. The Balaban J connectivity index is 1.81. The first-order chi connectivity index (χ1) is 11.3. The van der Waals surface area contributed by atoms with Crippen molar-refractivity contribution in [3.05, 3.63) is 0 Å². The Morgan fingerprint density at radius 1 is 1.25 bits per heavy atom. The molecule has 2 fully saturated rings. The molecule has 3 unspecified atom stereocenters. The third-order valence-electron chi connectivity index (χ3n) is 5.62. The van der Waals surface area contributed by atoms with E-state index in [0.29, 0.717) is 36.9 Å². The van der Waals surface area contributed by atoms with Crippen LogP contribution in [0.2, 0.25) is 0 Å². The number of ether oxygens (including phenoxy) is 1. The largest absolute Gasteiger partial charge is 0.481 e. The van der Waals surface area contributed by atoms with E-state index in [2.05, 4.69) is 26.1 Å². The van der Waals surface area contributed by atoms with Gasteiger partial charge in [0.05, 0.1) is 5.92 Å². The summed E-state index contributed by atoms with van der Waals surface area (Å²) in [7, 11) is 0. The molecule has 1 aliphatic carbocycles. The van der Waals surface area contributed by atoms with Crippen LogP contribution in [-0.4, -0.2) is 36.7 Å². The van der Waals surface area contributed by atoms with Crippen LogP contribution in [0.15, 0.2) is 0 Å². The molecular formula is C19H33NO4. The van der Waals surface area contributed by atoms with Crippen LogP contribution in [0.5, 0.6) is 0 Å². The molecule has 1 amide bonds. The number of hydrogen-bond donors (Lipinski definition) is 2. The fourth-order valence-corrected chi connectivity index (χ4v) is 4.83. The van der Waals surface area contributed by atoms with Crippen LogP contribution >= 0.6 is 0 Å². The summed E-state index contributed by atoms with van der Waals surface area (Å²) in [6, 6.07) is 0. The summed E-state index contributed by atoms with van der Waals surface area (Å²) in [5, 5.41) is 12.4. The first kappa shape index (κ1) is 19.2. The van der Waals surface area contributed by atoms with Crippen LogP contribution in [0, 0.1) is 29.1 Å². The highest BCUT2D eigenvalue weighted by Crippen LogP contribution is 2.42. The molecule has 0 bridgehead atoms. The highest BCUT2D eigenvalue weighted by molar-refractivity contribution is 5.77. The molecule has 2 rings (SSSR count). The molecular weight excluding hydrogens is 306 g/mol. The van der Waals surface area contributed by atoms with Crippen LogP contribution in [-0.2, 0) is 14.3 Å². The molecule has 3 atom stereocenters. The van der Waals surface area contributed by atoms with Gasteiger partial charge in [-0.1, -0.05) is 20.8 Å². The van der Waals surface area contributed by atoms with Crippen LogP contribution in [0.4, 0.5) is 0 Å². The summed E-state index contributed by atoms with van der Waals surface area (Å²) < 4.78 is 5.30. The van der Waals surface area contributed by atoms with Crippen molar-refractivity contribution >= 4 is 11.9 Å². The quantitative estimate of drug-likeness (QED) is 0.780. The summed E-state index contributed by atoms with van der Waals surface area (Å²) in [5.41, 5.74) is 0.300. The van der Waals surface area contributed by atoms with E-state index in [1.165, 1.54) is 6.42 Å². The molecule has 1 saturated carbocycles. The number of amides is 1. The molecule has 2 aliphatic rings. The minimum atomic E-state index is -0.811. The van der Waals surface area contributed by atoms with Crippen molar-refractivity contribution in [1.29, 1.82) is 0 Å². The lowest BCUT2D eigenvalue weighted by Gasteiger charge is -2.38. The number of nitrogens with one attached hydrogen (secondary N) is 1. The van der Waals surface area contributed by atoms with Crippen molar-refractivity contribution in [3.63, 3.8) is 0 Å². The van der Waals surface area contributed by atoms with Gasteiger partial charge >= 0.3 is 5.97 Å². The van der Waals surface area contributed by atoms with E-state index < -0.39 is 11.9 Å². The van der Waals surface area contributed by atoms with Gasteiger partial charge < -0.3 is 15.2 Å². The Morgan fingerprint density at radius 3 is 2.50 bits per heavy atom. The topological polar surface area (TPSA) is 75.6 Å². The maximum Gasteiger partial charge on any atom is 0.308 e. The third-order valence-corrected chi connectivity index (χ3v) is 5.62. The van der Waals surface area contributed by atoms with E-state index in [1.807, 2.05) is 0 Å². The van der Waals surface area contributed by atoms with E-state index in [0.717, 1.165) is 25.7 Å². The van der Waals surface area contributed by atoms with Gasteiger partial charge in [0.15, 0.2) is 0 Å². The second-order valence-electron chi connectivity index (χ2n) is 8.68. The predicted molar refractivity (Wildman–Crippen MR) is 92.6 cm³/mol. The van der Waals surface area contributed by atoms with Gasteiger partial charge in [-0.2, -0.15) is 0 Å². The van der Waals surface area contributed by atoms with Gasteiger partial charge in [0.25, 0.3) is 0 Å². The maximum atomic E-state index is 12.3. The van der Waals surface area contributed by atoms with E-state index in [1.54, 1.807) is 0 Å². The maximum absolute atomic E-state index is 12.3. The van der Waals surface area contributed by atoms with Crippen molar-refractivity contribution in [2.45, 2.75) is 59.3 Å². The number of carbonyl (C=O) groups is 2. The van der Waals surface area contributed by atoms with Crippen LogP contribution in [0.3, 0.4) is 0 Å². The lowest BCUT2D eigenvalue weighted by atomic mass is 9.67. The van der Waals surface area contributed by atoms with E-state index in [9.17, 15) is 14.7 Å². The van der Waals surface area contributed by atoms with Gasteiger partial charge in [0, 0.05) is 26.2 Å². The zero-order chi connectivity index (χ0) is 17.7.